The Bertz CT molecular complexity index is 928. The van der Waals surface area contributed by atoms with E-state index in [1.807, 2.05) is 24.3 Å². The average Bonchev–Trinajstić information content (AvgIpc) is 3.37. The van der Waals surface area contributed by atoms with Crippen molar-refractivity contribution in [3.63, 3.8) is 0 Å². The summed E-state index contributed by atoms with van der Waals surface area (Å²) in [6.07, 6.45) is 9.57. The summed E-state index contributed by atoms with van der Waals surface area (Å²) in [5, 5.41) is 6.70. The molecule has 29 heavy (non-hydrogen) atoms. The van der Waals surface area contributed by atoms with Crippen molar-refractivity contribution in [1.82, 2.24) is 5.01 Å². The summed E-state index contributed by atoms with van der Waals surface area (Å²) in [5.41, 5.74) is 1.85. The van der Waals surface area contributed by atoms with Crippen LogP contribution in [0.3, 0.4) is 0 Å². The van der Waals surface area contributed by atoms with E-state index in [0.717, 1.165) is 58.5 Å². The molecule has 1 aromatic carbocycles. The van der Waals surface area contributed by atoms with Gasteiger partial charge in [-0.15, -0.1) is 0 Å². The van der Waals surface area contributed by atoms with Crippen molar-refractivity contribution in [2.24, 2.45) is 28.3 Å². The highest BCUT2D eigenvalue weighted by Crippen LogP contribution is 2.61. The summed E-state index contributed by atoms with van der Waals surface area (Å²) in [4.78, 5) is 14.0. The van der Waals surface area contributed by atoms with Gasteiger partial charge in [0, 0.05) is 10.9 Å². The van der Waals surface area contributed by atoms with E-state index in [-0.39, 0.29) is 17.4 Å². The summed E-state index contributed by atoms with van der Waals surface area (Å²) < 4.78 is 6.79. The Balaban J connectivity index is 1.37. The monoisotopic (exact) mass is 452 g/mol. The van der Waals surface area contributed by atoms with Gasteiger partial charge in [-0.05, 0) is 86.1 Å². The number of rotatable bonds is 3. The maximum absolute atomic E-state index is 14.0. The van der Waals surface area contributed by atoms with Crippen molar-refractivity contribution in [3.05, 3.63) is 58.5 Å². The lowest BCUT2D eigenvalue weighted by molar-refractivity contribution is -0.160. The molecule has 4 bridgehead atoms. The molecule has 1 aromatic heterocycles. The third-order valence-electron chi connectivity index (χ3n) is 7.66. The fourth-order valence-electron chi connectivity index (χ4n) is 6.83. The fraction of sp³-hybridized carbons (Fsp3) is 0.500. The first-order valence-corrected chi connectivity index (χ1v) is 11.6. The molecule has 7 rings (SSSR count). The lowest BCUT2D eigenvalue weighted by Gasteiger charge is -2.56. The average molecular weight is 453 g/mol. The van der Waals surface area contributed by atoms with Crippen LogP contribution in [0.25, 0.3) is 0 Å². The van der Waals surface area contributed by atoms with Crippen LogP contribution in [-0.2, 0) is 4.79 Å². The summed E-state index contributed by atoms with van der Waals surface area (Å²) in [5.74, 6) is 3.29. The normalized spacial score (nSPS) is 35.2. The maximum Gasteiger partial charge on any atom is 0.249 e. The highest BCUT2D eigenvalue weighted by atomic mass is 79.9. The number of nitrogens with zero attached hydrogens (tertiary/aromatic N) is 2. The molecule has 4 nitrogen and oxygen atoms in total. The lowest BCUT2D eigenvalue weighted by atomic mass is 9.49. The van der Waals surface area contributed by atoms with Crippen LogP contribution >= 0.6 is 15.9 Å². The molecule has 4 saturated carbocycles. The number of carbonyl (C=O) groups excluding carboxylic acids is 1. The fourth-order valence-corrected chi connectivity index (χ4v) is 7.10. The minimum absolute atomic E-state index is 0.135. The molecular weight excluding hydrogens is 428 g/mol. The molecule has 1 amide bonds. The van der Waals surface area contributed by atoms with Crippen LogP contribution in [0.5, 0.6) is 0 Å². The van der Waals surface area contributed by atoms with E-state index in [9.17, 15) is 4.79 Å². The van der Waals surface area contributed by atoms with Crippen molar-refractivity contribution < 1.29 is 9.21 Å². The van der Waals surface area contributed by atoms with E-state index in [4.69, 9.17) is 9.52 Å². The summed E-state index contributed by atoms with van der Waals surface area (Å²) in [6, 6.07) is 11.9. The first-order valence-electron chi connectivity index (χ1n) is 10.8. The number of hydrogen-bond acceptors (Lipinski definition) is 3. The molecule has 1 unspecified atom stereocenters. The number of amides is 1. The van der Waals surface area contributed by atoms with Crippen LogP contribution in [0.1, 0.15) is 62.3 Å². The second-order valence-electron chi connectivity index (χ2n) is 9.64. The Labute approximate surface area is 179 Å². The van der Waals surface area contributed by atoms with Crippen molar-refractivity contribution >= 4 is 27.5 Å². The molecule has 0 N–H and O–H groups in total. The van der Waals surface area contributed by atoms with Gasteiger partial charge in [0.05, 0.1) is 17.4 Å². The highest BCUT2D eigenvalue weighted by molar-refractivity contribution is 9.10. The predicted octanol–water partition coefficient (Wildman–Crippen LogP) is 5.94. The number of benzene rings is 1. The Kier molecular flexibility index (Phi) is 4.06. The SMILES string of the molecule is O=C(N1N=C(c2ccc(Br)cc2)CC1c1ccco1)C12CC3CC(CC(C3)C1)C2. The van der Waals surface area contributed by atoms with E-state index >= 15 is 0 Å². The quantitative estimate of drug-likeness (QED) is 0.578. The Morgan fingerprint density at radius 3 is 2.28 bits per heavy atom. The second kappa shape index (κ2) is 6.56. The maximum atomic E-state index is 14.0. The van der Waals surface area contributed by atoms with E-state index in [1.165, 1.54) is 19.3 Å². The third-order valence-corrected chi connectivity index (χ3v) is 8.19. The van der Waals surface area contributed by atoms with Gasteiger partial charge in [0.15, 0.2) is 0 Å². The molecule has 4 aliphatic carbocycles. The summed E-state index contributed by atoms with van der Waals surface area (Å²) >= 11 is 3.50. The van der Waals surface area contributed by atoms with Crippen molar-refractivity contribution in [3.8, 4) is 0 Å². The van der Waals surface area contributed by atoms with E-state index < -0.39 is 0 Å². The Morgan fingerprint density at radius 2 is 1.69 bits per heavy atom. The molecule has 150 valence electrons. The van der Waals surface area contributed by atoms with Crippen LogP contribution in [0, 0.1) is 23.2 Å². The number of hydrogen-bond donors (Lipinski definition) is 0. The zero-order chi connectivity index (χ0) is 19.6. The second-order valence-corrected chi connectivity index (χ2v) is 10.6. The van der Waals surface area contributed by atoms with Crippen molar-refractivity contribution in [2.75, 3.05) is 0 Å². The smallest absolute Gasteiger partial charge is 0.249 e. The third kappa shape index (κ3) is 2.92. The predicted molar refractivity (Wildman–Crippen MR) is 114 cm³/mol. The number of carbonyl (C=O) groups is 1. The highest BCUT2D eigenvalue weighted by Gasteiger charge is 2.57. The molecule has 0 radical (unpaired) electrons. The van der Waals surface area contributed by atoms with Gasteiger partial charge in [0.1, 0.15) is 11.8 Å². The topological polar surface area (TPSA) is 45.8 Å². The van der Waals surface area contributed by atoms with Gasteiger partial charge in [0.2, 0.25) is 5.91 Å². The van der Waals surface area contributed by atoms with Gasteiger partial charge >= 0.3 is 0 Å². The van der Waals surface area contributed by atoms with Crippen LogP contribution < -0.4 is 0 Å². The van der Waals surface area contributed by atoms with E-state index in [1.54, 1.807) is 11.3 Å². The molecule has 5 aliphatic rings. The number of halogens is 1. The van der Waals surface area contributed by atoms with Gasteiger partial charge in [-0.2, -0.15) is 5.10 Å². The van der Waals surface area contributed by atoms with E-state index in [0.29, 0.717) is 6.42 Å². The Hall–Kier alpha value is -1.88. The van der Waals surface area contributed by atoms with E-state index in [2.05, 4.69) is 28.1 Å². The largest absolute Gasteiger partial charge is 0.467 e. The standard InChI is InChI=1S/C24H25BrN2O2/c25-19-5-3-18(4-6-19)20-11-21(22-2-1-7-29-22)27(26-20)23(28)24-12-15-8-16(13-24)10-17(9-15)14-24/h1-7,15-17,21H,8-14H2. The molecule has 2 aromatic rings. The van der Waals surface area contributed by atoms with Crippen LogP contribution in [0.2, 0.25) is 0 Å². The first-order chi connectivity index (χ1) is 14.1. The summed E-state index contributed by atoms with van der Waals surface area (Å²) in [6.45, 7) is 0. The lowest BCUT2D eigenvalue weighted by Crippen LogP contribution is -2.53. The number of hydrazone groups is 1. The molecule has 1 aliphatic heterocycles. The van der Waals surface area contributed by atoms with Gasteiger partial charge in [-0.1, -0.05) is 28.1 Å². The van der Waals surface area contributed by atoms with Crippen molar-refractivity contribution in [2.45, 2.75) is 51.0 Å². The van der Waals surface area contributed by atoms with Gasteiger partial charge < -0.3 is 4.42 Å². The molecule has 4 fully saturated rings. The zero-order valence-corrected chi connectivity index (χ0v) is 18.0. The molecule has 0 saturated heterocycles. The van der Waals surface area contributed by atoms with Gasteiger partial charge in [-0.25, -0.2) is 5.01 Å². The molecule has 0 spiro atoms. The minimum atomic E-state index is -0.196. The summed E-state index contributed by atoms with van der Waals surface area (Å²) in [7, 11) is 0. The minimum Gasteiger partial charge on any atom is -0.467 e. The van der Waals surface area contributed by atoms with Gasteiger partial charge in [0.25, 0.3) is 0 Å². The zero-order valence-electron chi connectivity index (χ0n) is 16.4. The molecule has 5 heteroatoms. The molecule has 2 heterocycles. The van der Waals surface area contributed by atoms with Gasteiger partial charge in [-0.3, -0.25) is 4.79 Å². The first kappa shape index (κ1) is 17.9. The Morgan fingerprint density at radius 1 is 1.03 bits per heavy atom. The van der Waals surface area contributed by atoms with Crippen molar-refractivity contribution in [1.29, 1.82) is 0 Å². The molecule has 1 atom stereocenters. The molecular formula is C24H25BrN2O2. The van der Waals surface area contributed by atoms with Crippen LogP contribution in [-0.4, -0.2) is 16.6 Å². The number of furan rings is 1. The van der Waals surface area contributed by atoms with Crippen LogP contribution in [0.15, 0.2) is 56.7 Å². The van der Waals surface area contributed by atoms with Crippen LogP contribution in [0.4, 0.5) is 0 Å².